The molecule has 2 aromatic carbocycles. The van der Waals surface area contributed by atoms with Gasteiger partial charge in [-0.15, -0.1) is 11.6 Å². The first kappa shape index (κ1) is 12.9. The summed E-state index contributed by atoms with van der Waals surface area (Å²) in [5.41, 5.74) is 3.17. The second kappa shape index (κ2) is 5.43. The van der Waals surface area contributed by atoms with Gasteiger partial charge in [-0.3, -0.25) is 0 Å². The Hall–Kier alpha value is -0.500. The predicted molar refractivity (Wildman–Crippen MR) is 78.0 cm³/mol. The van der Waals surface area contributed by atoms with E-state index in [1.165, 1.54) is 0 Å². The van der Waals surface area contributed by atoms with Gasteiger partial charge in [0.2, 0.25) is 0 Å². The lowest BCUT2D eigenvalue weighted by Crippen LogP contribution is -1.96. The zero-order valence-corrected chi connectivity index (χ0v) is 12.4. The molecule has 2 rings (SSSR count). The molecule has 0 N–H and O–H groups in total. The zero-order valence-electron chi connectivity index (χ0n) is 9.25. The monoisotopic (exact) mass is 328 g/mol. The van der Waals surface area contributed by atoms with E-state index in [2.05, 4.69) is 15.9 Å². The van der Waals surface area contributed by atoms with Crippen molar-refractivity contribution in [1.82, 2.24) is 0 Å². The van der Waals surface area contributed by atoms with E-state index in [9.17, 15) is 0 Å². The van der Waals surface area contributed by atoms with Crippen molar-refractivity contribution in [1.29, 1.82) is 0 Å². The fraction of sp³-hybridized carbons (Fsp3) is 0.143. The summed E-state index contributed by atoms with van der Waals surface area (Å²) >= 11 is 16.0. The molecule has 0 aliphatic carbocycles. The summed E-state index contributed by atoms with van der Waals surface area (Å²) in [7, 11) is 0. The summed E-state index contributed by atoms with van der Waals surface area (Å²) < 4.78 is 1.05. The highest BCUT2D eigenvalue weighted by Gasteiger charge is 2.14. The van der Waals surface area contributed by atoms with Crippen LogP contribution in [0.3, 0.4) is 0 Å². The van der Waals surface area contributed by atoms with Crippen molar-refractivity contribution in [2.45, 2.75) is 12.3 Å². The highest BCUT2D eigenvalue weighted by atomic mass is 79.9. The van der Waals surface area contributed by atoms with Crippen LogP contribution in [-0.4, -0.2) is 0 Å². The molecule has 0 spiro atoms. The van der Waals surface area contributed by atoms with Crippen molar-refractivity contribution < 1.29 is 0 Å². The average molecular weight is 330 g/mol. The lowest BCUT2D eigenvalue weighted by atomic mass is 10.0. The standard InChI is InChI=1S/C14H11BrCl2/c1-9-12(3-2-4-13(9)16)14(17)10-5-7-11(15)8-6-10/h2-8,14H,1H3. The number of halogens is 3. The van der Waals surface area contributed by atoms with Gasteiger partial charge >= 0.3 is 0 Å². The highest BCUT2D eigenvalue weighted by Crippen LogP contribution is 2.33. The fourth-order valence-corrected chi connectivity index (χ4v) is 2.54. The molecule has 0 aromatic heterocycles. The summed E-state index contributed by atoms with van der Waals surface area (Å²) in [6, 6.07) is 13.8. The van der Waals surface area contributed by atoms with Crippen molar-refractivity contribution in [3.05, 3.63) is 68.7 Å². The van der Waals surface area contributed by atoms with Crippen molar-refractivity contribution in [3.63, 3.8) is 0 Å². The first-order valence-electron chi connectivity index (χ1n) is 5.24. The first-order chi connectivity index (χ1) is 8.09. The van der Waals surface area contributed by atoms with Gasteiger partial charge in [-0.1, -0.05) is 51.8 Å². The lowest BCUT2D eigenvalue weighted by Gasteiger charge is -2.14. The number of hydrogen-bond acceptors (Lipinski definition) is 0. The van der Waals surface area contributed by atoms with Gasteiger partial charge in [-0.05, 0) is 41.8 Å². The van der Waals surface area contributed by atoms with Crippen LogP contribution in [0.4, 0.5) is 0 Å². The third-order valence-corrected chi connectivity index (χ3v) is 4.17. The molecule has 0 fully saturated rings. The van der Waals surface area contributed by atoms with Crippen LogP contribution in [0.5, 0.6) is 0 Å². The molecule has 17 heavy (non-hydrogen) atoms. The molecule has 3 heteroatoms. The Bertz CT molecular complexity index is 520. The van der Waals surface area contributed by atoms with Crippen LogP contribution in [0.15, 0.2) is 46.9 Å². The van der Waals surface area contributed by atoms with Gasteiger partial charge in [0.15, 0.2) is 0 Å². The Labute approximate surface area is 120 Å². The average Bonchev–Trinajstić information content (AvgIpc) is 2.33. The molecule has 0 radical (unpaired) electrons. The Morgan fingerprint density at radius 3 is 2.35 bits per heavy atom. The van der Waals surface area contributed by atoms with E-state index < -0.39 is 0 Å². The smallest absolute Gasteiger partial charge is 0.0838 e. The van der Waals surface area contributed by atoms with Crippen LogP contribution >= 0.6 is 39.1 Å². The van der Waals surface area contributed by atoms with E-state index in [1.807, 2.05) is 49.4 Å². The predicted octanol–water partition coefficient (Wildman–Crippen LogP) is 5.74. The number of benzene rings is 2. The summed E-state index contributed by atoms with van der Waals surface area (Å²) in [6.45, 7) is 1.99. The van der Waals surface area contributed by atoms with E-state index in [4.69, 9.17) is 23.2 Å². The van der Waals surface area contributed by atoms with E-state index in [-0.39, 0.29) is 5.38 Å². The topological polar surface area (TPSA) is 0 Å². The van der Waals surface area contributed by atoms with Gasteiger partial charge in [0, 0.05) is 9.50 Å². The van der Waals surface area contributed by atoms with E-state index >= 15 is 0 Å². The molecule has 0 nitrogen and oxygen atoms in total. The first-order valence-corrected chi connectivity index (χ1v) is 6.85. The molecule has 1 atom stereocenters. The van der Waals surface area contributed by atoms with Crippen molar-refractivity contribution in [3.8, 4) is 0 Å². The van der Waals surface area contributed by atoms with E-state index in [0.717, 1.165) is 26.2 Å². The normalized spacial score (nSPS) is 12.5. The summed E-state index contributed by atoms with van der Waals surface area (Å²) in [6.07, 6.45) is 0. The molecule has 0 amide bonds. The lowest BCUT2D eigenvalue weighted by molar-refractivity contribution is 1.11. The fourth-order valence-electron chi connectivity index (χ4n) is 1.71. The summed E-state index contributed by atoms with van der Waals surface area (Å²) in [5.74, 6) is 0. The number of rotatable bonds is 2. The second-order valence-electron chi connectivity index (χ2n) is 3.87. The Morgan fingerprint density at radius 2 is 1.71 bits per heavy atom. The molecule has 0 saturated carbocycles. The minimum Gasteiger partial charge on any atom is -0.113 e. The maximum absolute atomic E-state index is 6.49. The Morgan fingerprint density at radius 1 is 1.06 bits per heavy atom. The Kier molecular flexibility index (Phi) is 4.13. The van der Waals surface area contributed by atoms with Crippen LogP contribution in [0.2, 0.25) is 5.02 Å². The van der Waals surface area contributed by atoms with Crippen LogP contribution in [-0.2, 0) is 0 Å². The molecule has 0 bridgehead atoms. The van der Waals surface area contributed by atoms with Crippen LogP contribution in [0.25, 0.3) is 0 Å². The van der Waals surface area contributed by atoms with Crippen LogP contribution in [0, 0.1) is 6.92 Å². The van der Waals surface area contributed by atoms with Crippen molar-refractivity contribution >= 4 is 39.1 Å². The third-order valence-electron chi connectivity index (χ3n) is 2.75. The number of hydrogen-bond donors (Lipinski definition) is 0. The zero-order chi connectivity index (χ0) is 12.4. The summed E-state index contributed by atoms with van der Waals surface area (Å²) in [4.78, 5) is 0. The molecule has 0 aliphatic heterocycles. The van der Waals surface area contributed by atoms with Crippen molar-refractivity contribution in [2.24, 2.45) is 0 Å². The van der Waals surface area contributed by atoms with Gasteiger partial charge in [0.1, 0.15) is 0 Å². The molecule has 0 saturated heterocycles. The molecular formula is C14H11BrCl2. The Balaban J connectivity index is 2.40. The SMILES string of the molecule is Cc1c(Cl)cccc1C(Cl)c1ccc(Br)cc1. The second-order valence-corrected chi connectivity index (χ2v) is 5.63. The third kappa shape index (κ3) is 2.85. The maximum Gasteiger partial charge on any atom is 0.0838 e. The van der Waals surface area contributed by atoms with Crippen molar-refractivity contribution in [2.75, 3.05) is 0 Å². The van der Waals surface area contributed by atoms with Gasteiger partial charge in [-0.25, -0.2) is 0 Å². The van der Waals surface area contributed by atoms with Gasteiger partial charge in [0.05, 0.1) is 5.38 Å². The van der Waals surface area contributed by atoms with Gasteiger partial charge in [0.25, 0.3) is 0 Å². The highest BCUT2D eigenvalue weighted by molar-refractivity contribution is 9.10. The minimum atomic E-state index is -0.165. The molecule has 1 unspecified atom stereocenters. The molecule has 2 aromatic rings. The van der Waals surface area contributed by atoms with Crippen LogP contribution in [0.1, 0.15) is 22.1 Å². The van der Waals surface area contributed by atoms with Gasteiger partial charge < -0.3 is 0 Å². The maximum atomic E-state index is 6.49. The number of alkyl halides is 1. The minimum absolute atomic E-state index is 0.165. The molecule has 0 heterocycles. The molecule has 88 valence electrons. The quantitative estimate of drug-likeness (QED) is 0.616. The summed E-state index contributed by atoms with van der Waals surface area (Å²) in [5, 5.41) is 0.590. The largest absolute Gasteiger partial charge is 0.113 e. The van der Waals surface area contributed by atoms with E-state index in [0.29, 0.717) is 0 Å². The molecular weight excluding hydrogens is 319 g/mol. The van der Waals surface area contributed by atoms with Gasteiger partial charge in [-0.2, -0.15) is 0 Å². The van der Waals surface area contributed by atoms with E-state index in [1.54, 1.807) is 0 Å². The molecule has 0 aliphatic rings. The van der Waals surface area contributed by atoms with Crippen LogP contribution < -0.4 is 0 Å².